The van der Waals surface area contributed by atoms with Crippen molar-refractivity contribution in [3.05, 3.63) is 92.2 Å². The van der Waals surface area contributed by atoms with E-state index in [9.17, 15) is 19.2 Å². The fraction of sp³-hybridized carbons (Fsp3) is 0.294. The average molecular weight is 670 g/mol. The van der Waals surface area contributed by atoms with E-state index in [0.717, 1.165) is 0 Å². The molecule has 0 atom stereocenters. The van der Waals surface area contributed by atoms with Gasteiger partial charge in [0, 0.05) is 34.5 Å². The maximum absolute atomic E-state index is 13.3. The van der Waals surface area contributed by atoms with Gasteiger partial charge >= 0.3 is 23.9 Å². The van der Waals surface area contributed by atoms with Crippen LogP contribution < -0.4 is 0 Å². The molecule has 2 aromatic carbocycles. The number of rotatable bonds is 11. The quantitative estimate of drug-likeness (QED) is 0.125. The molecular formula is C34H34Cl2N2O8. The van der Waals surface area contributed by atoms with Gasteiger partial charge in [0.1, 0.15) is 11.1 Å². The molecule has 0 amide bonds. The number of carbonyl (C=O) groups excluding carboxylic acids is 4. The molecule has 46 heavy (non-hydrogen) atoms. The van der Waals surface area contributed by atoms with E-state index in [1.807, 2.05) is 23.0 Å². The molecule has 0 unspecified atom stereocenters. The average Bonchev–Trinajstić information content (AvgIpc) is 3.59. The Morgan fingerprint density at radius 3 is 1.07 bits per heavy atom. The summed E-state index contributed by atoms with van der Waals surface area (Å²) in [5, 5.41) is 0.979. The molecule has 4 aromatic rings. The van der Waals surface area contributed by atoms with Crippen LogP contribution in [0.1, 0.15) is 66.7 Å². The molecule has 0 bridgehead atoms. The van der Waals surface area contributed by atoms with Gasteiger partial charge in [-0.1, -0.05) is 61.3 Å². The second-order valence-corrected chi connectivity index (χ2v) is 11.0. The van der Waals surface area contributed by atoms with Gasteiger partial charge in [-0.25, -0.2) is 19.2 Å². The van der Waals surface area contributed by atoms with Crippen LogP contribution in [0.15, 0.2) is 48.5 Å². The molecule has 10 nitrogen and oxygen atoms in total. The molecule has 4 rings (SSSR count). The fourth-order valence-electron chi connectivity index (χ4n) is 5.83. The predicted octanol–water partition coefficient (Wildman–Crippen LogP) is 6.90. The summed E-state index contributed by atoms with van der Waals surface area (Å²) in [6.07, 6.45) is 0.721. The molecule has 0 radical (unpaired) electrons. The minimum atomic E-state index is -0.711. The van der Waals surface area contributed by atoms with Crippen LogP contribution >= 0.6 is 23.2 Å². The third kappa shape index (κ3) is 6.27. The molecule has 0 aliphatic rings. The van der Waals surface area contributed by atoms with Crippen LogP contribution in [0.3, 0.4) is 0 Å². The van der Waals surface area contributed by atoms with Crippen molar-refractivity contribution in [2.24, 2.45) is 0 Å². The number of hydrogen-bond acceptors (Lipinski definition) is 8. The number of methoxy groups -OCH3 is 4. The van der Waals surface area contributed by atoms with Gasteiger partial charge in [-0.2, -0.15) is 0 Å². The van der Waals surface area contributed by atoms with Crippen molar-refractivity contribution in [2.75, 3.05) is 28.4 Å². The molecule has 0 spiro atoms. The van der Waals surface area contributed by atoms with Gasteiger partial charge in [0.15, 0.2) is 0 Å². The summed E-state index contributed by atoms with van der Waals surface area (Å²) in [7, 11) is 4.98. The normalized spacial score (nSPS) is 10.9. The Kier molecular flexibility index (Phi) is 11.0. The number of aromatic nitrogens is 2. The van der Waals surface area contributed by atoms with Crippen molar-refractivity contribution in [1.82, 2.24) is 9.13 Å². The Morgan fingerprint density at radius 1 is 0.522 bits per heavy atom. The smallest absolute Gasteiger partial charge is 0.340 e. The predicted molar refractivity (Wildman–Crippen MR) is 174 cm³/mol. The molecule has 0 N–H and O–H groups in total. The van der Waals surface area contributed by atoms with Gasteiger partial charge in [0.05, 0.1) is 51.0 Å². The minimum Gasteiger partial charge on any atom is -0.465 e. The lowest BCUT2D eigenvalue weighted by molar-refractivity contribution is 0.0556. The molecular weight excluding hydrogens is 635 g/mol. The lowest BCUT2D eigenvalue weighted by Gasteiger charge is -2.18. The van der Waals surface area contributed by atoms with Crippen molar-refractivity contribution >= 4 is 47.1 Å². The van der Waals surface area contributed by atoms with Crippen LogP contribution in [0.2, 0.25) is 10.0 Å². The SMILES string of the molecule is CCc1c(C(=O)OC)c(C(=O)OC)c(-c2ccc(Cl)cc2)n1CCn1c(CC)c(C(=O)OC)c(C(=O)OC)c1-c1ccc(Cl)cc1. The Morgan fingerprint density at radius 2 is 0.804 bits per heavy atom. The highest BCUT2D eigenvalue weighted by atomic mass is 35.5. The molecule has 0 saturated heterocycles. The highest BCUT2D eigenvalue weighted by Crippen LogP contribution is 2.37. The van der Waals surface area contributed by atoms with Gasteiger partial charge in [0.25, 0.3) is 0 Å². The van der Waals surface area contributed by atoms with Crippen LogP contribution in [0.5, 0.6) is 0 Å². The van der Waals surface area contributed by atoms with Crippen molar-refractivity contribution < 1.29 is 38.1 Å². The van der Waals surface area contributed by atoms with E-state index < -0.39 is 23.9 Å². The van der Waals surface area contributed by atoms with Crippen LogP contribution in [0.4, 0.5) is 0 Å². The second-order valence-electron chi connectivity index (χ2n) is 10.1. The van der Waals surface area contributed by atoms with Crippen molar-refractivity contribution in [2.45, 2.75) is 39.8 Å². The van der Waals surface area contributed by atoms with E-state index >= 15 is 0 Å². The Labute approximate surface area is 276 Å². The lowest BCUT2D eigenvalue weighted by atomic mass is 10.0. The Bertz CT molecular complexity index is 1660. The largest absolute Gasteiger partial charge is 0.465 e. The summed E-state index contributed by atoms with van der Waals surface area (Å²) >= 11 is 12.4. The van der Waals surface area contributed by atoms with Crippen molar-refractivity contribution in [3.8, 4) is 22.5 Å². The van der Waals surface area contributed by atoms with Gasteiger partial charge in [-0.15, -0.1) is 0 Å². The van der Waals surface area contributed by atoms with Crippen molar-refractivity contribution in [3.63, 3.8) is 0 Å². The molecule has 0 aliphatic carbocycles. The van der Waals surface area contributed by atoms with E-state index in [1.54, 1.807) is 48.5 Å². The van der Waals surface area contributed by atoms with Gasteiger partial charge in [-0.05, 0) is 48.2 Å². The summed E-state index contributed by atoms with van der Waals surface area (Å²) in [4.78, 5) is 53.0. The highest BCUT2D eigenvalue weighted by Gasteiger charge is 2.35. The molecule has 0 aliphatic heterocycles. The maximum Gasteiger partial charge on any atom is 0.340 e. The van der Waals surface area contributed by atoms with E-state index in [1.165, 1.54) is 28.4 Å². The molecule has 242 valence electrons. The fourth-order valence-corrected chi connectivity index (χ4v) is 6.08. The van der Waals surface area contributed by atoms with Crippen LogP contribution in [-0.2, 0) is 44.9 Å². The number of esters is 4. The molecule has 0 fully saturated rings. The first kappa shape index (κ1) is 34.3. The zero-order chi connectivity index (χ0) is 33.7. The van der Waals surface area contributed by atoms with E-state index in [-0.39, 0.29) is 35.3 Å². The summed E-state index contributed by atoms with van der Waals surface area (Å²) in [6, 6.07) is 13.7. The first-order chi connectivity index (χ1) is 22.1. The summed E-state index contributed by atoms with van der Waals surface area (Å²) in [5.41, 5.74) is 3.46. The second kappa shape index (κ2) is 14.7. The summed E-state index contributed by atoms with van der Waals surface area (Å²) < 4.78 is 24.3. The molecule has 0 saturated carbocycles. The first-order valence-corrected chi connectivity index (χ1v) is 15.2. The van der Waals surface area contributed by atoms with Gasteiger partial charge in [0.2, 0.25) is 0 Å². The van der Waals surface area contributed by atoms with E-state index in [0.29, 0.717) is 56.8 Å². The third-order valence-corrected chi connectivity index (χ3v) is 8.26. The Balaban J connectivity index is 2.06. The lowest BCUT2D eigenvalue weighted by Crippen LogP contribution is -2.15. The van der Waals surface area contributed by atoms with Gasteiger partial charge in [-0.3, -0.25) is 0 Å². The first-order valence-electron chi connectivity index (χ1n) is 14.4. The third-order valence-electron chi connectivity index (χ3n) is 7.75. The van der Waals surface area contributed by atoms with E-state index in [4.69, 9.17) is 42.1 Å². The molecule has 12 heteroatoms. The van der Waals surface area contributed by atoms with Gasteiger partial charge < -0.3 is 28.1 Å². The number of ether oxygens (including phenoxy) is 4. The van der Waals surface area contributed by atoms with E-state index in [2.05, 4.69) is 0 Å². The number of hydrogen-bond donors (Lipinski definition) is 0. The summed E-state index contributed by atoms with van der Waals surface area (Å²) in [6.45, 7) is 4.13. The van der Waals surface area contributed by atoms with Crippen LogP contribution in [-0.4, -0.2) is 61.5 Å². The summed E-state index contributed by atoms with van der Waals surface area (Å²) in [5.74, 6) is -2.80. The van der Waals surface area contributed by atoms with Crippen LogP contribution in [0, 0.1) is 0 Å². The topological polar surface area (TPSA) is 115 Å². The maximum atomic E-state index is 13.3. The number of halogens is 2. The highest BCUT2D eigenvalue weighted by molar-refractivity contribution is 6.31. The monoisotopic (exact) mass is 668 g/mol. The number of carbonyl (C=O) groups is 4. The molecule has 2 aromatic heterocycles. The number of benzene rings is 2. The zero-order valence-electron chi connectivity index (χ0n) is 26.4. The minimum absolute atomic E-state index is 0.0557. The number of nitrogens with zero attached hydrogens (tertiary/aromatic N) is 2. The zero-order valence-corrected chi connectivity index (χ0v) is 27.9. The van der Waals surface area contributed by atoms with Crippen molar-refractivity contribution in [1.29, 1.82) is 0 Å². The standard InChI is InChI=1S/C34H34Cl2N2O8/c1-7-23-25(31(39)43-3)27(33(41)45-5)29(19-9-13-21(35)14-10-19)37(23)17-18-38-24(8-2)26(32(40)44-4)28(34(42)46-6)30(38)20-11-15-22(36)16-12-20/h9-16H,7-8,17-18H2,1-6H3. The Hall–Kier alpha value is -4.54. The van der Waals surface area contributed by atoms with Crippen LogP contribution in [0.25, 0.3) is 22.5 Å². The molecule has 2 heterocycles.